The van der Waals surface area contributed by atoms with Crippen LogP contribution in [-0.2, 0) is 11.2 Å². The Morgan fingerprint density at radius 3 is 2.82 bits per heavy atom. The zero-order chi connectivity index (χ0) is 22.7. The molecule has 2 aromatic heterocycles. The Hall–Kier alpha value is -3.23. The summed E-state index contributed by atoms with van der Waals surface area (Å²) in [6.45, 7) is 3.80. The molecule has 168 valence electrons. The van der Waals surface area contributed by atoms with Gasteiger partial charge in [-0.15, -0.1) is 10.2 Å². The maximum absolute atomic E-state index is 13.7. The minimum atomic E-state index is -0.296. The molecule has 0 spiro atoms. The van der Waals surface area contributed by atoms with Crippen molar-refractivity contribution < 1.29 is 9.53 Å². The lowest BCUT2D eigenvalue weighted by molar-refractivity contribution is 0.0834. The fourth-order valence-corrected chi connectivity index (χ4v) is 5.17. The number of hydrogen-bond donors (Lipinski definition) is 1. The summed E-state index contributed by atoms with van der Waals surface area (Å²) in [5.41, 5.74) is 4.65. The van der Waals surface area contributed by atoms with Crippen molar-refractivity contribution >= 4 is 39.9 Å². The van der Waals surface area contributed by atoms with E-state index in [0.29, 0.717) is 35.9 Å². The van der Waals surface area contributed by atoms with Crippen molar-refractivity contribution in [2.24, 2.45) is 0 Å². The predicted molar refractivity (Wildman–Crippen MR) is 125 cm³/mol. The first-order valence-electron chi connectivity index (χ1n) is 11.1. The molecule has 2 aromatic carbocycles. The first kappa shape index (κ1) is 20.4. The van der Waals surface area contributed by atoms with Gasteiger partial charge in [0.15, 0.2) is 0 Å². The first-order valence-corrected chi connectivity index (χ1v) is 11.5. The van der Waals surface area contributed by atoms with E-state index in [9.17, 15) is 9.59 Å². The van der Waals surface area contributed by atoms with E-state index in [2.05, 4.69) is 15.2 Å². The number of carbonyl (C=O) groups is 1. The Bertz CT molecular complexity index is 1490. The normalized spacial score (nSPS) is 16.6. The van der Waals surface area contributed by atoms with E-state index < -0.39 is 0 Å². The minimum absolute atomic E-state index is 0.0875. The van der Waals surface area contributed by atoms with Crippen LogP contribution in [0.25, 0.3) is 16.7 Å². The van der Waals surface area contributed by atoms with Gasteiger partial charge >= 0.3 is 0 Å². The Morgan fingerprint density at radius 2 is 2.00 bits per heavy atom. The molecule has 0 bridgehead atoms. The molecule has 33 heavy (non-hydrogen) atoms. The van der Waals surface area contributed by atoms with Crippen LogP contribution in [0.4, 0.5) is 5.69 Å². The lowest BCUT2D eigenvalue weighted by atomic mass is 9.99. The highest BCUT2D eigenvalue weighted by Crippen LogP contribution is 2.33. The molecule has 8 nitrogen and oxygen atoms in total. The number of ether oxygens (including phenoxy) is 1. The van der Waals surface area contributed by atoms with Crippen LogP contribution in [0, 0.1) is 6.92 Å². The molecule has 4 heterocycles. The molecule has 1 N–H and O–H groups in total. The molecule has 6 rings (SSSR count). The number of aromatic amines is 1. The van der Waals surface area contributed by atoms with Gasteiger partial charge in [-0.25, -0.2) is 0 Å². The molecule has 0 radical (unpaired) electrons. The number of amides is 1. The van der Waals surface area contributed by atoms with Crippen LogP contribution in [0.1, 0.15) is 46.1 Å². The number of aromatic nitrogens is 4. The number of carbonyl (C=O) groups excluding carboxylic acids is 1. The maximum atomic E-state index is 13.7. The minimum Gasteiger partial charge on any atom is -0.381 e. The molecular formula is C24H22ClN5O3. The van der Waals surface area contributed by atoms with Crippen LogP contribution < -0.4 is 10.5 Å². The van der Waals surface area contributed by atoms with Gasteiger partial charge in [-0.1, -0.05) is 17.7 Å². The van der Waals surface area contributed by atoms with Crippen LogP contribution in [-0.4, -0.2) is 45.2 Å². The van der Waals surface area contributed by atoms with Crippen molar-refractivity contribution in [1.29, 1.82) is 0 Å². The van der Waals surface area contributed by atoms with Gasteiger partial charge in [0.1, 0.15) is 5.82 Å². The number of benzene rings is 2. The summed E-state index contributed by atoms with van der Waals surface area (Å²) in [7, 11) is 0. The molecule has 2 aliphatic heterocycles. The number of H-pyrrole nitrogens is 1. The zero-order valence-electron chi connectivity index (χ0n) is 18.1. The fraction of sp³-hybridized carbons (Fsp3) is 0.333. The average molecular weight is 464 g/mol. The molecule has 0 aliphatic carbocycles. The SMILES string of the molecule is Cc1cc2[nH]c(=O)c3nnc(C4CCOCC4)n3c2cc1C(=O)N1CCc2ccc(Cl)cc21. The molecule has 0 unspecified atom stereocenters. The van der Waals surface area contributed by atoms with Gasteiger partial charge in [0.2, 0.25) is 5.65 Å². The monoisotopic (exact) mass is 463 g/mol. The average Bonchev–Trinajstić information content (AvgIpc) is 3.44. The van der Waals surface area contributed by atoms with E-state index in [1.807, 2.05) is 41.7 Å². The van der Waals surface area contributed by atoms with Gasteiger partial charge in [-0.2, -0.15) is 0 Å². The topological polar surface area (TPSA) is 92.6 Å². The first-order chi connectivity index (χ1) is 16.0. The molecule has 1 fully saturated rings. The van der Waals surface area contributed by atoms with E-state index in [0.717, 1.165) is 47.4 Å². The van der Waals surface area contributed by atoms with Gasteiger partial charge in [0.05, 0.1) is 11.0 Å². The molecule has 0 atom stereocenters. The van der Waals surface area contributed by atoms with E-state index >= 15 is 0 Å². The van der Waals surface area contributed by atoms with Crippen molar-refractivity contribution in [3.05, 3.63) is 68.2 Å². The molecular weight excluding hydrogens is 442 g/mol. The van der Waals surface area contributed by atoms with Crippen LogP contribution in [0.15, 0.2) is 35.1 Å². The molecule has 9 heteroatoms. The van der Waals surface area contributed by atoms with Crippen molar-refractivity contribution in [1.82, 2.24) is 19.6 Å². The highest BCUT2D eigenvalue weighted by atomic mass is 35.5. The highest BCUT2D eigenvalue weighted by molar-refractivity contribution is 6.31. The van der Waals surface area contributed by atoms with Crippen LogP contribution in [0.3, 0.4) is 0 Å². The third-order valence-electron chi connectivity index (χ3n) is 6.73. The Labute approximate surface area is 194 Å². The van der Waals surface area contributed by atoms with Gasteiger partial charge in [0, 0.05) is 41.9 Å². The van der Waals surface area contributed by atoms with Crippen LogP contribution >= 0.6 is 11.6 Å². The van der Waals surface area contributed by atoms with Crippen molar-refractivity contribution in [2.75, 3.05) is 24.7 Å². The molecule has 0 saturated carbocycles. The lowest BCUT2D eigenvalue weighted by Crippen LogP contribution is -2.29. The van der Waals surface area contributed by atoms with Gasteiger partial charge in [0.25, 0.3) is 11.5 Å². The fourth-order valence-electron chi connectivity index (χ4n) is 5.00. The summed E-state index contributed by atoms with van der Waals surface area (Å²) in [4.78, 5) is 31.1. The van der Waals surface area contributed by atoms with Crippen molar-refractivity contribution in [3.8, 4) is 0 Å². The number of aryl methyl sites for hydroxylation is 1. The van der Waals surface area contributed by atoms with Gasteiger partial charge < -0.3 is 14.6 Å². The van der Waals surface area contributed by atoms with E-state index in [4.69, 9.17) is 16.3 Å². The molecule has 1 saturated heterocycles. The molecule has 1 amide bonds. The summed E-state index contributed by atoms with van der Waals surface area (Å²) in [5.74, 6) is 0.798. The third kappa shape index (κ3) is 3.24. The number of nitrogens with one attached hydrogen (secondary N) is 1. The summed E-state index contributed by atoms with van der Waals surface area (Å²) in [5, 5.41) is 9.15. The predicted octanol–water partition coefficient (Wildman–Crippen LogP) is 3.63. The number of halogens is 1. The quantitative estimate of drug-likeness (QED) is 0.490. The summed E-state index contributed by atoms with van der Waals surface area (Å²) in [6.07, 6.45) is 2.43. The standard InChI is InChI=1S/C24H22ClN5O3/c1-13-10-18-20(12-17(13)24(32)29-7-4-14-2-3-16(25)11-19(14)29)30-21(15-5-8-33-9-6-15)27-28-22(30)23(31)26-18/h2-3,10-12,15H,4-9H2,1H3,(H,26,31). The van der Waals surface area contributed by atoms with Gasteiger partial charge in [-0.3, -0.25) is 14.0 Å². The highest BCUT2D eigenvalue weighted by Gasteiger charge is 2.28. The van der Waals surface area contributed by atoms with Crippen LogP contribution in [0.2, 0.25) is 5.02 Å². The second-order valence-electron chi connectivity index (χ2n) is 8.72. The van der Waals surface area contributed by atoms with Gasteiger partial charge in [-0.05, 0) is 61.6 Å². The lowest BCUT2D eigenvalue weighted by Gasteiger charge is -2.21. The summed E-state index contributed by atoms with van der Waals surface area (Å²) < 4.78 is 7.31. The third-order valence-corrected chi connectivity index (χ3v) is 6.96. The van der Waals surface area contributed by atoms with Crippen molar-refractivity contribution in [2.45, 2.75) is 32.1 Å². The Morgan fingerprint density at radius 1 is 1.18 bits per heavy atom. The van der Waals surface area contributed by atoms with E-state index in [-0.39, 0.29) is 23.0 Å². The van der Waals surface area contributed by atoms with E-state index in [1.54, 1.807) is 4.90 Å². The smallest absolute Gasteiger partial charge is 0.294 e. The van der Waals surface area contributed by atoms with Crippen molar-refractivity contribution in [3.63, 3.8) is 0 Å². The maximum Gasteiger partial charge on any atom is 0.294 e. The summed E-state index contributed by atoms with van der Waals surface area (Å²) >= 11 is 6.21. The number of hydrogen-bond acceptors (Lipinski definition) is 5. The van der Waals surface area contributed by atoms with E-state index in [1.165, 1.54) is 0 Å². The van der Waals surface area contributed by atoms with Crippen LogP contribution in [0.5, 0.6) is 0 Å². The zero-order valence-corrected chi connectivity index (χ0v) is 18.9. The largest absolute Gasteiger partial charge is 0.381 e. The second-order valence-corrected chi connectivity index (χ2v) is 9.16. The Balaban J connectivity index is 1.52. The summed E-state index contributed by atoms with van der Waals surface area (Å²) in [6, 6.07) is 9.38. The second kappa shape index (κ2) is 7.67. The number of rotatable bonds is 2. The number of fused-ring (bicyclic) bond motifs is 4. The molecule has 4 aromatic rings. The number of anilines is 1. The molecule has 2 aliphatic rings. The Kier molecular flexibility index (Phi) is 4.74. The number of nitrogens with zero attached hydrogens (tertiary/aromatic N) is 4.